The van der Waals surface area contributed by atoms with Crippen molar-refractivity contribution in [3.63, 3.8) is 0 Å². The number of nitrogens with two attached hydrogens (primary N) is 1. The number of amidine groups is 1. The summed E-state index contributed by atoms with van der Waals surface area (Å²) < 4.78 is 0. The Hall–Kier alpha value is -2.04. The molecule has 0 unspecified atom stereocenters. The van der Waals surface area contributed by atoms with E-state index in [2.05, 4.69) is 10.5 Å². The summed E-state index contributed by atoms with van der Waals surface area (Å²) in [6.45, 7) is 0.520. The van der Waals surface area contributed by atoms with Crippen LogP contribution in [-0.2, 0) is 11.3 Å². The van der Waals surface area contributed by atoms with Crippen molar-refractivity contribution in [3.8, 4) is 0 Å². The number of oxime groups is 1. The quantitative estimate of drug-likeness (QED) is 0.323. The molecule has 1 aromatic carbocycles. The lowest BCUT2D eigenvalue weighted by Gasteiger charge is -2.24. The molecule has 0 aliphatic heterocycles. The van der Waals surface area contributed by atoms with E-state index in [1.54, 1.807) is 12.1 Å². The number of carbonyl (C=O) groups is 1. The van der Waals surface area contributed by atoms with Gasteiger partial charge in [-0.05, 0) is 18.4 Å². The fraction of sp³-hybridized carbons (Fsp3) is 0.385. The van der Waals surface area contributed by atoms with Gasteiger partial charge in [0.25, 0.3) is 0 Å². The highest BCUT2D eigenvalue weighted by Gasteiger charge is 2.24. The lowest BCUT2D eigenvalue weighted by Crippen LogP contribution is -2.33. The molecule has 0 bridgehead atoms. The number of nitrogens with one attached hydrogen (secondary N) is 1. The zero-order valence-corrected chi connectivity index (χ0v) is 10.1. The van der Waals surface area contributed by atoms with Gasteiger partial charge in [0.1, 0.15) is 0 Å². The first-order chi connectivity index (χ1) is 8.70. The summed E-state index contributed by atoms with van der Waals surface area (Å²) in [7, 11) is 0. The molecule has 2 rings (SSSR count). The number of benzene rings is 1. The number of rotatable bonds is 4. The van der Waals surface area contributed by atoms with Crippen molar-refractivity contribution >= 4 is 11.7 Å². The molecular formula is C13H17N3O2. The lowest BCUT2D eigenvalue weighted by molar-refractivity contribution is -0.127. The standard InChI is InChI=1S/C13H17N3O2/c14-12(16-18)10-6-4-9(5-7-10)8-15-13(17)11-2-1-3-11/h4-7,11,18H,1-3,8H2,(H2,14,16)(H,15,17). The van der Waals surface area contributed by atoms with E-state index in [0.29, 0.717) is 12.1 Å². The summed E-state index contributed by atoms with van der Waals surface area (Å²) >= 11 is 0. The summed E-state index contributed by atoms with van der Waals surface area (Å²) in [6, 6.07) is 7.24. The highest BCUT2D eigenvalue weighted by Crippen LogP contribution is 2.26. The van der Waals surface area contributed by atoms with Gasteiger partial charge >= 0.3 is 0 Å². The summed E-state index contributed by atoms with van der Waals surface area (Å²) in [5, 5.41) is 14.4. The van der Waals surface area contributed by atoms with Gasteiger partial charge in [0, 0.05) is 18.0 Å². The van der Waals surface area contributed by atoms with Crippen LogP contribution in [0, 0.1) is 5.92 Å². The maximum atomic E-state index is 11.6. The summed E-state index contributed by atoms with van der Waals surface area (Å²) in [4.78, 5) is 11.6. The van der Waals surface area contributed by atoms with Gasteiger partial charge in [0.2, 0.25) is 5.91 Å². The molecule has 0 atom stereocenters. The van der Waals surface area contributed by atoms with Crippen LogP contribution in [0.25, 0.3) is 0 Å². The molecule has 0 radical (unpaired) electrons. The number of nitrogens with zero attached hydrogens (tertiary/aromatic N) is 1. The van der Waals surface area contributed by atoms with E-state index in [4.69, 9.17) is 10.9 Å². The average molecular weight is 247 g/mol. The van der Waals surface area contributed by atoms with Gasteiger partial charge < -0.3 is 16.3 Å². The number of hydrogen-bond acceptors (Lipinski definition) is 3. The Morgan fingerprint density at radius 3 is 2.56 bits per heavy atom. The topological polar surface area (TPSA) is 87.7 Å². The predicted octanol–water partition coefficient (Wildman–Crippen LogP) is 1.20. The van der Waals surface area contributed by atoms with Gasteiger partial charge in [-0.2, -0.15) is 0 Å². The first-order valence-corrected chi connectivity index (χ1v) is 6.05. The zero-order valence-electron chi connectivity index (χ0n) is 10.1. The van der Waals surface area contributed by atoms with Crippen LogP contribution in [0.5, 0.6) is 0 Å². The number of carbonyl (C=O) groups excluding carboxylic acids is 1. The monoisotopic (exact) mass is 247 g/mol. The van der Waals surface area contributed by atoms with E-state index in [1.165, 1.54) is 0 Å². The van der Waals surface area contributed by atoms with Crippen LogP contribution in [-0.4, -0.2) is 17.0 Å². The van der Waals surface area contributed by atoms with Crippen LogP contribution >= 0.6 is 0 Å². The summed E-state index contributed by atoms with van der Waals surface area (Å²) in [6.07, 6.45) is 3.18. The molecule has 1 aromatic rings. The van der Waals surface area contributed by atoms with Gasteiger partial charge in [-0.25, -0.2) is 0 Å². The van der Waals surface area contributed by atoms with Crippen LogP contribution in [0.1, 0.15) is 30.4 Å². The largest absolute Gasteiger partial charge is 0.409 e. The number of hydrogen-bond donors (Lipinski definition) is 3. The van der Waals surface area contributed by atoms with E-state index in [1.807, 2.05) is 12.1 Å². The molecule has 0 saturated heterocycles. The molecule has 4 N–H and O–H groups in total. The highest BCUT2D eigenvalue weighted by molar-refractivity contribution is 5.96. The summed E-state index contributed by atoms with van der Waals surface area (Å²) in [5.41, 5.74) is 7.12. The van der Waals surface area contributed by atoms with Crippen LogP contribution in [0.4, 0.5) is 0 Å². The molecule has 5 heteroatoms. The fourth-order valence-electron chi connectivity index (χ4n) is 1.86. The Kier molecular flexibility index (Phi) is 3.82. The van der Waals surface area contributed by atoms with Crippen molar-refractivity contribution in [1.82, 2.24) is 5.32 Å². The zero-order chi connectivity index (χ0) is 13.0. The van der Waals surface area contributed by atoms with E-state index < -0.39 is 0 Å². The van der Waals surface area contributed by atoms with Gasteiger partial charge in [-0.1, -0.05) is 35.8 Å². The van der Waals surface area contributed by atoms with E-state index in [0.717, 1.165) is 24.8 Å². The maximum absolute atomic E-state index is 11.6. The Morgan fingerprint density at radius 2 is 2.06 bits per heavy atom. The maximum Gasteiger partial charge on any atom is 0.223 e. The lowest BCUT2D eigenvalue weighted by atomic mass is 9.85. The van der Waals surface area contributed by atoms with Gasteiger partial charge in [0.05, 0.1) is 0 Å². The third kappa shape index (κ3) is 2.80. The molecule has 0 spiro atoms. The second kappa shape index (κ2) is 5.53. The molecular weight excluding hydrogens is 230 g/mol. The number of amides is 1. The molecule has 1 amide bonds. The molecule has 0 heterocycles. The van der Waals surface area contributed by atoms with E-state index >= 15 is 0 Å². The third-order valence-electron chi connectivity index (χ3n) is 3.30. The van der Waals surface area contributed by atoms with Crippen molar-refractivity contribution in [2.24, 2.45) is 16.8 Å². The van der Waals surface area contributed by atoms with Gasteiger partial charge in [-0.3, -0.25) is 4.79 Å². The minimum atomic E-state index is 0.0834. The molecule has 96 valence electrons. The Balaban J connectivity index is 1.88. The highest BCUT2D eigenvalue weighted by atomic mass is 16.4. The molecule has 0 aromatic heterocycles. The van der Waals surface area contributed by atoms with Crippen molar-refractivity contribution in [2.45, 2.75) is 25.8 Å². The SMILES string of the molecule is NC(=NO)c1ccc(CNC(=O)C2CCC2)cc1. The molecule has 1 fully saturated rings. The van der Waals surface area contributed by atoms with Crippen LogP contribution in [0.2, 0.25) is 0 Å². The minimum absolute atomic E-state index is 0.0834. The molecule has 1 aliphatic carbocycles. The van der Waals surface area contributed by atoms with Gasteiger partial charge in [-0.15, -0.1) is 0 Å². The second-order valence-electron chi connectivity index (χ2n) is 4.53. The average Bonchev–Trinajstić information content (AvgIpc) is 2.34. The predicted molar refractivity (Wildman–Crippen MR) is 68.1 cm³/mol. The first kappa shape index (κ1) is 12.4. The molecule has 1 saturated carbocycles. The Bertz CT molecular complexity index is 450. The van der Waals surface area contributed by atoms with E-state index in [9.17, 15) is 4.79 Å². The van der Waals surface area contributed by atoms with Crippen molar-refractivity contribution < 1.29 is 10.0 Å². The van der Waals surface area contributed by atoms with Crippen molar-refractivity contribution in [2.75, 3.05) is 0 Å². The second-order valence-corrected chi connectivity index (χ2v) is 4.53. The first-order valence-electron chi connectivity index (χ1n) is 6.05. The minimum Gasteiger partial charge on any atom is -0.409 e. The molecule has 18 heavy (non-hydrogen) atoms. The van der Waals surface area contributed by atoms with E-state index in [-0.39, 0.29) is 17.7 Å². The Labute approximate surface area is 106 Å². The molecule has 5 nitrogen and oxygen atoms in total. The van der Waals surface area contributed by atoms with Crippen LogP contribution < -0.4 is 11.1 Å². The van der Waals surface area contributed by atoms with Gasteiger partial charge in [0.15, 0.2) is 5.84 Å². The summed E-state index contributed by atoms with van der Waals surface area (Å²) in [5.74, 6) is 0.434. The van der Waals surface area contributed by atoms with Crippen molar-refractivity contribution in [1.29, 1.82) is 0 Å². The third-order valence-corrected chi connectivity index (χ3v) is 3.30. The fourth-order valence-corrected chi connectivity index (χ4v) is 1.86. The Morgan fingerprint density at radius 1 is 1.39 bits per heavy atom. The normalized spacial score (nSPS) is 16.1. The smallest absolute Gasteiger partial charge is 0.223 e. The van der Waals surface area contributed by atoms with Crippen LogP contribution in [0.3, 0.4) is 0 Å². The molecule has 1 aliphatic rings. The van der Waals surface area contributed by atoms with Crippen molar-refractivity contribution in [3.05, 3.63) is 35.4 Å². The van der Waals surface area contributed by atoms with Crippen LogP contribution in [0.15, 0.2) is 29.4 Å².